The minimum Gasteiger partial charge on any atom is -0.398 e. The van der Waals surface area contributed by atoms with Gasteiger partial charge < -0.3 is 31.4 Å². The number of nitrogen functional groups attached to an aromatic ring is 1. The Labute approximate surface area is 208 Å². The molecule has 35 heavy (non-hydrogen) atoms. The van der Waals surface area contributed by atoms with Crippen molar-refractivity contribution in [1.82, 2.24) is 19.8 Å². The summed E-state index contributed by atoms with van der Waals surface area (Å²) in [7, 11) is 0. The van der Waals surface area contributed by atoms with Gasteiger partial charge in [0.2, 0.25) is 5.91 Å². The molecule has 2 saturated heterocycles. The van der Waals surface area contributed by atoms with Crippen molar-refractivity contribution in [1.29, 1.82) is 5.41 Å². The minimum absolute atomic E-state index is 0.00955. The number of carbonyl (C=O) groups excluding carboxylic acids is 1. The molecule has 5 N–H and O–H groups in total. The highest BCUT2D eigenvalue weighted by Crippen LogP contribution is 2.35. The molecule has 10 nitrogen and oxygen atoms in total. The molecule has 2 aliphatic rings. The second-order valence-electron chi connectivity index (χ2n) is 8.72. The number of benzene rings is 1. The molecule has 3 aromatic rings. The highest BCUT2D eigenvalue weighted by Gasteiger charge is 2.23. The van der Waals surface area contributed by atoms with E-state index in [2.05, 4.69) is 15.9 Å². The van der Waals surface area contributed by atoms with Crippen LogP contribution in [0.5, 0.6) is 0 Å². The van der Waals surface area contributed by atoms with Crippen LogP contribution >= 0.6 is 11.3 Å². The van der Waals surface area contributed by atoms with Crippen LogP contribution in [0, 0.1) is 5.41 Å². The predicted octanol–water partition coefficient (Wildman–Crippen LogP) is 1.38. The fourth-order valence-corrected chi connectivity index (χ4v) is 5.68. The molecule has 2 aliphatic heterocycles. The molecule has 0 radical (unpaired) electrons. The second-order valence-corrected chi connectivity index (χ2v) is 9.83. The number of thiophene rings is 1. The van der Waals surface area contributed by atoms with Crippen molar-refractivity contribution in [3.63, 3.8) is 0 Å². The Morgan fingerprint density at radius 1 is 1.14 bits per heavy atom. The van der Waals surface area contributed by atoms with Crippen LogP contribution in [-0.4, -0.2) is 90.9 Å². The van der Waals surface area contributed by atoms with Crippen LogP contribution in [0.4, 0.5) is 11.5 Å². The summed E-state index contributed by atoms with van der Waals surface area (Å²) in [5, 5.41) is 8.90. The number of amides is 1. The van der Waals surface area contributed by atoms with Gasteiger partial charge in [-0.15, -0.1) is 11.3 Å². The average Bonchev–Trinajstić information content (AvgIpc) is 3.30. The number of anilines is 2. The zero-order valence-electron chi connectivity index (χ0n) is 19.6. The number of morpholine rings is 1. The first-order chi connectivity index (χ1) is 17.1. The number of fused-ring (bicyclic) bond motifs is 1. The Morgan fingerprint density at radius 2 is 1.91 bits per heavy atom. The number of nitrogens with zero attached hydrogens (tertiary/aromatic N) is 5. The fraction of sp³-hybridized carbons (Fsp3) is 0.417. The molecule has 2 aromatic heterocycles. The van der Waals surface area contributed by atoms with Crippen LogP contribution in [0.15, 0.2) is 24.3 Å². The van der Waals surface area contributed by atoms with Gasteiger partial charge in [-0.2, -0.15) is 0 Å². The van der Waals surface area contributed by atoms with Crippen LogP contribution in [0.1, 0.15) is 10.4 Å². The van der Waals surface area contributed by atoms with Gasteiger partial charge >= 0.3 is 0 Å². The first-order valence-corrected chi connectivity index (χ1v) is 12.6. The maximum Gasteiger partial charge on any atom is 0.236 e. The molecular formula is C24H30N8O2S. The van der Waals surface area contributed by atoms with E-state index in [1.807, 2.05) is 17.0 Å². The van der Waals surface area contributed by atoms with Gasteiger partial charge in [0.25, 0.3) is 0 Å². The summed E-state index contributed by atoms with van der Waals surface area (Å²) in [5.74, 6) is 1.48. The van der Waals surface area contributed by atoms with Crippen molar-refractivity contribution >= 4 is 45.2 Å². The van der Waals surface area contributed by atoms with Crippen molar-refractivity contribution in [3.05, 3.63) is 34.7 Å². The van der Waals surface area contributed by atoms with Gasteiger partial charge in [0.05, 0.1) is 25.1 Å². The number of carbonyl (C=O) groups is 1. The van der Waals surface area contributed by atoms with Gasteiger partial charge in [-0.25, -0.2) is 9.97 Å². The zero-order valence-corrected chi connectivity index (χ0v) is 20.4. The molecule has 0 spiro atoms. The van der Waals surface area contributed by atoms with E-state index in [0.29, 0.717) is 43.4 Å². The Morgan fingerprint density at radius 3 is 2.63 bits per heavy atom. The highest BCUT2D eigenvalue weighted by atomic mass is 32.1. The third-order valence-electron chi connectivity index (χ3n) is 6.54. The molecule has 0 bridgehead atoms. The van der Waals surface area contributed by atoms with E-state index in [1.165, 1.54) is 11.1 Å². The summed E-state index contributed by atoms with van der Waals surface area (Å²) in [6.45, 7) is 6.75. The van der Waals surface area contributed by atoms with Crippen LogP contribution in [0.3, 0.4) is 0 Å². The van der Waals surface area contributed by atoms with E-state index in [-0.39, 0.29) is 12.5 Å². The lowest BCUT2D eigenvalue weighted by Gasteiger charge is -2.34. The molecule has 0 aliphatic carbocycles. The molecule has 0 unspecified atom stereocenters. The lowest BCUT2D eigenvalue weighted by Crippen LogP contribution is -2.49. The molecule has 1 amide bonds. The topological polar surface area (TPSA) is 138 Å². The number of ether oxygens (including phenoxy) is 1. The van der Waals surface area contributed by atoms with Gasteiger partial charge in [0.1, 0.15) is 10.6 Å². The zero-order chi connectivity index (χ0) is 24.4. The number of aromatic nitrogens is 2. The van der Waals surface area contributed by atoms with E-state index in [4.69, 9.17) is 31.6 Å². The molecule has 2 fully saturated rings. The van der Waals surface area contributed by atoms with Crippen molar-refractivity contribution in [3.8, 4) is 11.4 Å². The molecule has 184 valence electrons. The molecule has 1 aromatic carbocycles. The van der Waals surface area contributed by atoms with Gasteiger partial charge in [-0.3, -0.25) is 9.69 Å². The Kier molecular flexibility index (Phi) is 6.91. The fourth-order valence-electron chi connectivity index (χ4n) is 4.61. The highest BCUT2D eigenvalue weighted by molar-refractivity contribution is 7.18. The summed E-state index contributed by atoms with van der Waals surface area (Å²) in [4.78, 5) is 30.4. The smallest absolute Gasteiger partial charge is 0.236 e. The van der Waals surface area contributed by atoms with Crippen molar-refractivity contribution < 1.29 is 9.53 Å². The number of rotatable bonds is 6. The first-order valence-electron chi connectivity index (χ1n) is 11.8. The normalized spacial score (nSPS) is 17.2. The van der Waals surface area contributed by atoms with Crippen LogP contribution in [0.25, 0.3) is 21.6 Å². The van der Waals surface area contributed by atoms with E-state index in [1.54, 1.807) is 17.4 Å². The summed E-state index contributed by atoms with van der Waals surface area (Å²) >= 11 is 1.67. The summed E-state index contributed by atoms with van der Waals surface area (Å²) in [6, 6.07) is 7.77. The van der Waals surface area contributed by atoms with E-state index in [9.17, 15) is 4.79 Å². The standard InChI is InChI=1S/C24H30N8O2S/c25-13-19-17(2-1-3-20(19)27)22-28-23(32-8-10-34-11-9-32)18-12-16(35-24(18)29-22)15-30-4-6-31(7-5-30)21(33)14-26/h1-3,12-13,25H,4-11,14-15,26-27H2. The van der Waals surface area contributed by atoms with Crippen molar-refractivity contribution in [2.45, 2.75) is 6.54 Å². The molecule has 4 heterocycles. The Balaban J connectivity index is 1.48. The number of hydrogen-bond donors (Lipinski definition) is 3. The molecular weight excluding hydrogens is 464 g/mol. The molecule has 5 rings (SSSR count). The molecule has 0 atom stereocenters. The largest absolute Gasteiger partial charge is 0.398 e. The summed E-state index contributed by atoms with van der Waals surface area (Å²) in [6.07, 6.45) is 1.27. The molecule has 11 heteroatoms. The quantitative estimate of drug-likeness (QED) is 0.345. The van der Waals surface area contributed by atoms with Gasteiger partial charge in [-0.1, -0.05) is 12.1 Å². The average molecular weight is 495 g/mol. The monoisotopic (exact) mass is 494 g/mol. The number of nitrogens with two attached hydrogens (primary N) is 2. The lowest BCUT2D eigenvalue weighted by molar-refractivity contribution is -0.131. The SMILES string of the molecule is N=Cc1c(N)cccc1-c1nc(N2CCOCC2)c2cc(CN3CCN(C(=O)CN)CC3)sc2n1. The van der Waals surface area contributed by atoms with Crippen LogP contribution in [-0.2, 0) is 16.1 Å². The van der Waals surface area contributed by atoms with Gasteiger partial charge in [0.15, 0.2) is 5.82 Å². The van der Waals surface area contributed by atoms with Gasteiger partial charge in [-0.05, 0) is 12.1 Å². The third-order valence-corrected chi connectivity index (χ3v) is 7.55. The van der Waals surface area contributed by atoms with E-state index >= 15 is 0 Å². The van der Waals surface area contributed by atoms with Crippen LogP contribution < -0.4 is 16.4 Å². The Bertz CT molecular complexity index is 1230. The maximum atomic E-state index is 11.9. The number of piperazine rings is 1. The third kappa shape index (κ3) is 4.85. The van der Waals surface area contributed by atoms with Gasteiger partial charge in [0, 0.05) is 73.7 Å². The first kappa shape index (κ1) is 23.6. The lowest BCUT2D eigenvalue weighted by atomic mass is 10.1. The predicted molar refractivity (Wildman–Crippen MR) is 139 cm³/mol. The maximum absolute atomic E-state index is 11.9. The Hall–Kier alpha value is -3.12. The molecule has 0 saturated carbocycles. The summed E-state index contributed by atoms with van der Waals surface area (Å²) in [5.41, 5.74) is 13.6. The second kappa shape index (κ2) is 10.2. The minimum atomic E-state index is 0.00955. The number of hydrogen-bond acceptors (Lipinski definition) is 10. The summed E-state index contributed by atoms with van der Waals surface area (Å²) < 4.78 is 5.57. The van der Waals surface area contributed by atoms with Crippen molar-refractivity contribution in [2.75, 3.05) is 69.7 Å². The number of nitrogens with one attached hydrogen (secondary N) is 1. The van der Waals surface area contributed by atoms with Crippen LogP contribution in [0.2, 0.25) is 0 Å². The van der Waals surface area contributed by atoms with E-state index < -0.39 is 0 Å². The van der Waals surface area contributed by atoms with Crippen molar-refractivity contribution in [2.24, 2.45) is 5.73 Å². The van der Waals surface area contributed by atoms with E-state index in [0.717, 1.165) is 54.3 Å².